The highest BCUT2D eigenvalue weighted by molar-refractivity contribution is 7.81. The lowest BCUT2D eigenvalue weighted by molar-refractivity contribution is -0.138. The first-order valence-corrected chi connectivity index (χ1v) is 10.1. The Morgan fingerprint density at radius 2 is 2.00 bits per heavy atom. The highest BCUT2D eigenvalue weighted by Crippen LogP contribution is 2.50. The zero-order valence-electron chi connectivity index (χ0n) is 16.6. The third-order valence-corrected chi connectivity index (χ3v) is 6.32. The number of hydrogen-bond acceptors (Lipinski definition) is 7. The van der Waals surface area contributed by atoms with Crippen molar-refractivity contribution in [2.75, 3.05) is 9.80 Å². The van der Waals surface area contributed by atoms with Gasteiger partial charge in [0, 0.05) is 5.69 Å². The SMILES string of the molecule is N#Cc1ncc(N2C(=O)C3(CCC3)N(c3ccc(C(=O)NO)c(F)c3)C2S)cc1C(F)(F)F. The van der Waals surface area contributed by atoms with Crippen LogP contribution in [-0.2, 0) is 11.0 Å². The van der Waals surface area contributed by atoms with E-state index in [-0.39, 0.29) is 11.4 Å². The van der Waals surface area contributed by atoms with Crippen LogP contribution in [0, 0.1) is 17.1 Å². The van der Waals surface area contributed by atoms with Crippen molar-refractivity contribution in [2.45, 2.75) is 36.5 Å². The quantitative estimate of drug-likeness (QED) is 0.269. The number of hydrogen-bond donors (Lipinski definition) is 3. The van der Waals surface area contributed by atoms with E-state index >= 15 is 0 Å². The topological polar surface area (TPSA) is 110 Å². The monoisotopic (exact) mass is 481 g/mol. The Balaban J connectivity index is 1.79. The van der Waals surface area contributed by atoms with Crippen LogP contribution in [0.2, 0.25) is 0 Å². The van der Waals surface area contributed by atoms with Gasteiger partial charge in [-0.25, -0.2) is 14.9 Å². The van der Waals surface area contributed by atoms with E-state index in [1.54, 1.807) is 0 Å². The number of carbonyl (C=O) groups excluding carboxylic acids is 2. The molecule has 1 aromatic heterocycles. The molecule has 1 saturated heterocycles. The molecule has 1 aromatic carbocycles. The number of pyridine rings is 1. The zero-order valence-corrected chi connectivity index (χ0v) is 17.5. The molecule has 33 heavy (non-hydrogen) atoms. The number of nitrogens with one attached hydrogen (secondary N) is 1. The van der Waals surface area contributed by atoms with Crippen molar-refractivity contribution in [3.8, 4) is 6.07 Å². The number of carbonyl (C=O) groups is 2. The lowest BCUT2D eigenvalue weighted by Gasteiger charge is -2.44. The third-order valence-electron chi connectivity index (χ3n) is 5.86. The van der Waals surface area contributed by atoms with Crippen molar-refractivity contribution in [3.05, 3.63) is 53.1 Å². The molecule has 2 fully saturated rings. The van der Waals surface area contributed by atoms with Gasteiger partial charge in [-0.2, -0.15) is 18.4 Å². The van der Waals surface area contributed by atoms with E-state index in [9.17, 15) is 27.2 Å². The smallest absolute Gasteiger partial charge is 0.327 e. The van der Waals surface area contributed by atoms with Crippen LogP contribution in [0.1, 0.15) is 40.9 Å². The van der Waals surface area contributed by atoms with Gasteiger partial charge in [0.2, 0.25) is 0 Å². The number of nitriles is 1. The fourth-order valence-corrected chi connectivity index (χ4v) is 4.75. The first kappa shape index (κ1) is 22.8. The first-order chi connectivity index (χ1) is 15.5. The van der Waals surface area contributed by atoms with Crippen molar-refractivity contribution >= 4 is 35.8 Å². The van der Waals surface area contributed by atoms with Gasteiger partial charge in [-0.15, -0.1) is 12.6 Å². The van der Waals surface area contributed by atoms with Gasteiger partial charge in [-0.3, -0.25) is 19.7 Å². The number of anilines is 2. The Bertz CT molecular complexity index is 1200. The van der Waals surface area contributed by atoms with Crippen LogP contribution in [0.25, 0.3) is 0 Å². The van der Waals surface area contributed by atoms with E-state index in [1.807, 2.05) is 0 Å². The summed E-state index contributed by atoms with van der Waals surface area (Å²) in [6.07, 6.45) is -2.52. The Morgan fingerprint density at radius 1 is 1.30 bits per heavy atom. The molecule has 2 N–H and O–H groups in total. The maximum absolute atomic E-state index is 14.5. The number of thiol groups is 1. The minimum atomic E-state index is -4.87. The maximum atomic E-state index is 14.5. The summed E-state index contributed by atoms with van der Waals surface area (Å²) < 4.78 is 54.8. The summed E-state index contributed by atoms with van der Waals surface area (Å²) in [4.78, 5) is 31.0. The molecule has 1 aliphatic carbocycles. The van der Waals surface area contributed by atoms with Crippen molar-refractivity contribution < 1.29 is 32.4 Å². The number of aromatic nitrogens is 1. The summed E-state index contributed by atoms with van der Waals surface area (Å²) in [6, 6.07) is 5.50. The average Bonchev–Trinajstić information content (AvgIpc) is 2.98. The predicted molar refractivity (Wildman–Crippen MR) is 109 cm³/mol. The van der Waals surface area contributed by atoms with Gasteiger partial charge in [0.25, 0.3) is 11.8 Å². The van der Waals surface area contributed by atoms with Crippen LogP contribution in [0.3, 0.4) is 0 Å². The fourth-order valence-electron chi connectivity index (χ4n) is 4.16. The molecule has 2 aliphatic rings. The standard InChI is InChI=1S/C20H15F4N5O3S/c21-14-7-10(2-3-12(14)16(30)27-32)29-18(33)28(17(31)19(29)4-1-5-19)11-6-13(20(22,23)24)15(8-25)26-9-11/h2-3,6-7,9,18,32-33H,1,4-5H2,(H,27,30). The molecule has 2 aromatic rings. The Labute approximate surface area is 189 Å². The minimum absolute atomic E-state index is 0.176. The van der Waals surface area contributed by atoms with Gasteiger partial charge >= 0.3 is 6.18 Å². The summed E-state index contributed by atoms with van der Waals surface area (Å²) >= 11 is 4.46. The number of rotatable bonds is 3. The predicted octanol–water partition coefficient (Wildman–Crippen LogP) is 3.22. The molecule has 1 unspecified atom stereocenters. The van der Waals surface area contributed by atoms with Gasteiger partial charge < -0.3 is 4.90 Å². The summed E-state index contributed by atoms with van der Waals surface area (Å²) in [5.41, 5.74) is -3.54. The number of hydroxylamine groups is 1. The number of alkyl halides is 3. The highest BCUT2D eigenvalue weighted by atomic mass is 32.1. The number of halogens is 4. The molecule has 1 aliphatic heterocycles. The summed E-state index contributed by atoms with van der Waals surface area (Å²) in [7, 11) is 0. The summed E-state index contributed by atoms with van der Waals surface area (Å²) in [6.45, 7) is 0. The third kappa shape index (κ3) is 3.46. The van der Waals surface area contributed by atoms with Crippen LogP contribution >= 0.6 is 12.6 Å². The molecule has 0 bridgehead atoms. The molecule has 4 rings (SSSR count). The fraction of sp³-hybridized carbons (Fsp3) is 0.300. The molecule has 13 heteroatoms. The molecular weight excluding hydrogens is 466 g/mol. The van der Waals surface area contributed by atoms with Gasteiger partial charge in [0.05, 0.1) is 23.0 Å². The molecule has 1 atom stereocenters. The average molecular weight is 481 g/mol. The van der Waals surface area contributed by atoms with Gasteiger partial charge in [0.15, 0.2) is 11.2 Å². The highest BCUT2D eigenvalue weighted by Gasteiger charge is 2.60. The first-order valence-electron chi connectivity index (χ1n) is 9.57. The van der Waals surface area contributed by atoms with E-state index in [0.717, 1.165) is 23.2 Å². The van der Waals surface area contributed by atoms with Gasteiger partial charge in [0.1, 0.15) is 17.4 Å². The second kappa shape index (κ2) is 7.89. The minimum Gasteiger partial charge on any atom is -0.327 e. The van der Waals surface area contributed by atoms with Crippen molar-refractivity contribution in [1.82, 2.24) is 10.5 Å². The lowest BCUT2D eigenvalue weighted by Crippen LogP contribution is -2.55. The molecule has 2 amide bonds. The van der Waals surface area contributed by atoms with Gasteiger partial charge in [-0.1, -0.05) is 0 Å². The molecule has 2 heterocycles. The molecule has 1 spiro atoms. The second-order valence-electron chi connectivity index (χ2n) is 7.58. The maximum Gasteiger partial charge on any atom is 0.419 e. The van der Waals surface area contributed by atoms with Crippen LogP contribution in [-0.4, -0.2) is 33.0 Å². The molecule has 172 valence electrons. The molecular formula is C20H15F4N5O3S. The van der Waals surface area contributed by atoms with E-state index in [2.05, 4.69) is 17.6 Å². The molecule has 0 radical (unpaired) electrons. The van der Waals surface area contributed by atoms with Crippen molar-refractivity contribution in [3.63, 3.8) is 0 Å². The van der Waals surface area contributed by atoms with Crippen LogP contribution in [0.5, 0.6) is 0 Å². The van der Waals surface area contributed by atoms with E-state index in [0.29, 0.717) is 25.3 Å². The van der Waals surface area contributed by atoms with Crippen LogP contribution in [0.4, 0.5) is 28.9 Å². The Kier molecular flexibility index (Phi) is 5.45. The molecule has 1 saturated carbocycles. The summed E-state index contributed by atoms with van der Waals surface area (Å²) in [5, 5.41) is 17.7. The van der Waals surface area contributed by atoms with E-state index < -0.39 is 51.7 Å². The molecule has 8 nitrogen and oxygen atoms in total. The van der Waals surface area contributed by atoms with Crippen LogP contribution in [0.15, 0.2) is 30.5 Å². The lowest BCUT2D eigenvalue weighted by atomic mass is 9.75. The van der Waals surface area contributed by atoms with E-state index in [1.165, 1.54) is 22.5 Å². The zero-order chi connectivity index (χ0) is 24.1. The number of benzene rings is 1. The number of nitrogens with zero attached hydrogens (tertiary/aromatic N) is 4. The van der Waals surface area contributed by atoms with Crippen LogP contribution < -0.4 is 15.3 Å². The second-order valence-corrected chi connectivity index (χ2v) is 8.04. The largest absolute Gasteiger partial charge is 0.419 e. The Morgan fingerprint density at radius 3 is 2.52 bits per heavy atom. The van der Waals surface area contributed by atoms with Gasteiger partial charge in [-0.05, 0) is 43.5 Å². The van der Waals surface area contributed by atoms with Crippen molar-refractivity contribution in [1.29, 1.82) is 5.26 Å². The van der Waals surface area contributed by atoms with E-state index in [4.69, 9.17) is 10.5 Å². The van der Waals surface area contributed by atoms with Crippen molar-refractivity contribution in [2.24, 2.45) is 0 Å². The Hall–Kier alpha value is -3.37. The summed E-state index contributed by atoms with van der Waals surface area (Å²) in [5.74, 6) is -2.58. The normalized spacial score (nSPS) is 19.4. The number of amides is 2.